The molecule has 0 spiro atoms. The van der Waals surface area contributed by atoms with Crippen molar-refractivity contribution in [3.05, 3.63) is 57.3 Å². The highest BCUT2D eigenvalue weighted by atomic mass is 32.1. The molecule has 166 valence electrons. The van der Waals surface area contributed by atoms with Gasteiger partial charge in [0.05, 0.1) is 0 Å². The van der Waals surface area contributed by atoms with E-state index in [0.717, 1.165) is 32.2 Å². The minimum absolute atomic E-state index is 0.245. The van der Waals surface area contributed by atoms with Crippen LogP contribution in [0.3, 0.4) is 0 Å². The monoisotopic (exact) mass is 464 g/mol. The third-order valence-electron chi connectivity index (χ3n) is 5.14. The summed E-state index contributed by atoms with van der Waals surface area (Å²) in [7, 11) is 0. The van der Waals surface area contributed by atoms with E-state index in [4.69, 9.17) is 10.4 Å². The lowest BCUT2D eigenvalue weighted by atomic mass is 10.1. The predicted octanol–water partition coefficient (Wildman–Crippen LogP) is 7.53. The second kappa shape index (κ2) is 11.7. The summed E-state index contributed by atoms with van der Waals surface area (Å²) in [6.45, 7) is 6.68. The fourth-order valence-corrected chi connectivity index (χ4v) is 5.62. The molecule has 0 atom stereocenters. The molecule has 0 aliphatic rings. The molecule has 0 radical (unpaired) electrons. The number of carbonyl (C=O) groups is 1. The summed E-state index contributed by atoms with van der Waals surface area (Å²) in [5, 5.41) is 17.9. The molecule has 3 aromatic rings. The number of unbranched alkanes of at least 4 members (excludes halogenated alkanes) is 2. The van der Waals surface area contributed by atoms with Crippen molar-refractivity contribution in [2.75, 3.05) is 18.0 Å². The SMILES string of the molecule is CCCCN(CCCC)c1ccc(/C=C/c2cc3sc(/C=C(\C#N)C(=O)O)cc3s2)cc1. The molecule has 1 aromatic carbocycles. The van der Waals surface area contributed by atoms with Gasteiger partial charge in [0.25, 0.3) is 0 Å². The molecular formula is C26H28N2O2S2. The average molecular weight is 465 g/mol. The molecule has 0 aliphatic heterocycles. The molecular weight excluding hydrogens is 436 g/mol. The summed E-state index contributed by atoms with van der Waals surface area (Å²) in [5.41, 5.74) is 2.21. The van der Waals surface area contributed by atoms with Crippen LogP contribution >= 0.6 is 22.7 Å². The van der Waals surface area contributed by atoms with Crippen LogP contribution < -0.4 is 4.90 Å². The second-order valence-corrected chi connectivity index (χ2v) is 9.85. The average Bonchev–Trinajstić information content (AvgIpc) is 3.34. The molecule has 0 bridgehead atoms. The van der Waals surface area contributed by atoms with E-state index in [-0.39, 0.29) is 5.57 Å². The molecule has 6 heteroatoms. The fourth-order valence-electron chi connectivity index (χ4n) is 3.35. The Balaban J connectivity index is 1.69. The fraction of sp³-hybridized carbons (Fsp3) is 0.308. The van der Waals surface area contributed by atoms with E-state index in [0.29, 0.717) is 0 Å². The smallest absolute Gasteiger partial charge is 0.346 e. The Labute approximate surface area is 197 Å². The molecule has 32 heavy (non-hydrogen) atoms. The molecule has 4 nitrogen and oxygen atoms in total. The number of rotatable bonds is 11. The topological polar surface area (TPSA) is 64.3 Å². The summed E-state index contributed by atoms with van der Waals surface area (Å²) in [6, 6.07) is 14.5. The van der Waals surface area contributed by atoms with Gasteiger partial charge >= 0.3 is 5.97 Å². The lowest BCUT2D eigenvalue weighted by Crippen LogP contribution is -2.25. The Kier molecular flexibility index (Phi) is 8.66. The van der Waals surface area contributed by atoms with Crippen molar-refractivity contribution < 1.29 is 9.90 Å². The minimum atomic E-state index is -1.20. The number of thiophene rings is 2. The van der Waals surface area contributed by atoms with Crippen molar-refractivity contribution >= 4 is 62.0 Å². The van der Waals surface area contributed by atoms with Crippen molar-refractivity contribution in [1.82, 2.24) is 0 Å². The van der Waals surface area contributed by atoms with Crippen LogP contribution in [0.25, 0.3) is 27.6 Å². The Bertz CT molecular complexity index is 1110. The molecule has 3 rings (SSSR count). The molecule has 0 unspecified atom stereocenters. The molecule has 2 aromatic heterocycles. The third kappa shape index (κ3) is 6.32. The maximum atomic E-state index is 11.0. The van der Waals surface area contributed by atoms with Crippen LogP contribution in [0.5, 0.6) is 0 Å². The Morgan fingerprint density at radius 1 is 1.00 bits per heavy atom. The predicted molar refractivity (Wildman–Crippen MR) is 138 cm³/mol. The number of carboxylic acids is 1. The lowest BCUT2D eigenvalue weighted by Gasteiger charge is -2.24. The van der Waals surface area contributed by atoms with Gasteiger partial charge in [-0.1, -0.05) is 44.9 Å². The van der Waals surface area contributed by atoms with Crippen molar-refractivity contribution in [3.63, 3.8) is 0 Å². The number of fused-ring (bicyclic) bond motifs is 1. The number of hydrogen-bond donors (Lipinski definition) is 1. The van der Waals surface area contributed by atoms with Gasteiger partial charge in [-0.05, 0) is 54.8 Å². The number of anilines is 1. The maximum absolute atomic E-state index is 11.0. The largest absolute Gasteiger partial charge is 0.477 e. The molecule has 0 saturated heterocycles. The Morgan fingerprint density at radius 3 is 2.16 bits per heavy atom. The zero-order valence-electron chi connectivity index (χ0n) is 18.5. The molecule has 0 saturated carbocycles. The maximum Gasteiger partial charge on any atom is 0.346 e. The first kappa shape index (κ1) is 23.8. The number of nitrogens with zero attached hydrogens (tertiary/aromatic N) is 2. The lowest BCUT2D eigenvalue weighted by molar-refractivity contribution is -0.132. The first-order valence-corrected chi connectivity index (χ1v) is 12.6. The third-order valence-corrected chi connectivity index (χ3v) is 7.35. The van der Waals surface area contributed by atoms with Gasteiger partial charge in [-0.2, -0.15) is 5.26 Å². The van der Waals surface area contributed by atoms with Gasteiger partial charge in [0, 0.05) is 37.9 Å². The summed E-state index contributed by atoms with van der Waals surface area (Å²) >= 11 is 3.16. The van der Waals surface area contributed by atoms with Crippen molar-refractivity contribution in [2.45, 2.75) is 39.5 Å². The summed E-state index contributed by atoms with van der Waals surface area (Å²) in [4.78, 5) is 15.4. The van der Waals surface area contributed by atoms with Crippen LogP contribution in [0.1, 0.15) is 54.8 Å². The van der Waals surface area contributed by atoms with Gasteiger partial charge in [0.1, 0.15) is 11.6 Å². The van der Waals surface area contributed by atoms with Crippen LogP contribution in [0.4, 0.5) is 5.69 Å². The highest BCUT2D eigenvalue weighted by Crippen LogP contribution is 2.35. The molecule has 2 heterocycles. The van der Waals surface area contributed by atoms with E-state index in [1.165, 1.54) is 54.3 Å². The zero-order chi connectivity index (χ0) is 22.9. The van der Waals surface area contributed by atoms with Gasteiger partial charge in [-0.25, -0.2) is 4.79 Å². The molecule has 0 amide bonds. The Morgan fingerprint density at radius 2 is 1.59 bits per heavy atom. The van der Waals surface area contributed by atoms with Crippen LogP contribution in [0, 0.1) is 11.3 Å². The van der Waals surface area contributed by atoms with Crippen molar-refractivity contribution in [3.8, 4) is 6.07 Å². The Hall–Kier alpha value is -2.88. The highest BCUT2D eigenvalue weighted by Gasteiger charge is 2.09. The van der Waals surface area contributed by atoms with Crippen LogP contribution in [-0.2, 0) is 4.79 Å². The van der Waals surface area contributed by atoms with E-state index in [9.17, 15) is 4.79 Å². The normalized spacial score (nSPS) is 11.8. The number of carboxylic acid groups (broad SMARTS) is 1. The van der Waals surface area contributed by atoms with Crippen LogP contribution in [0.15, 0.2) is 42.0 Å². The van der Waals surface area contributed by atoms with Gasteiger partial charge < -0.3 is 10.0 Å². The van der Waals surface area contributed by atoms with E-state index in [2.05, 4.69) is 61.2 Å². The highest BCUT2D eigenvalue weighted by molar-refractivity contribution is 7.28. The van der Waals surface area contributed by atoms with Crippen molar-refractivity contribution in [2.24, 2.45) is 0 Å². The second-order valence-electron chi connectivity index (χ2n) is 7.62. The molecule has 0 aliphatic carbocycles. The summed E-state index contributed by atoms with van der Waals surface area (Å²) in [5.74, 6) is -1.20. The van der Waals surface area contributed by atoms with Gasteiger partial charge in [0.2, 0.25) is 0 Å². The van der Waals surface area contributed by atoms with E-state index in [1.807, 2.05) is 6.07 Å². The summed E-state index contributed by atoms with van der Waals surface area (Å²) in [6.07, 6.45) is 10.5. The van der Waals surface area contributed by atoms with Crippen molar-refractivity contribution in [1.29, 1.82) is 5.26 Å². The number of hydrogen-bond acceptors (Lipinski definition) is 5. The number of nitriles is 1. The van der Waals surface area contributed by atoms with Gasteiger partial charge in [-0.15, -0.1) is 22.7 Å². The van der Waals surface area contributed by atoms with E-state index < -0.39 is 5.97 Å². The quantitative estimate of drug-likeness (QED) is 0.235. The van der Waals surface area contributed by atoms with E-state index >= 15 is 0 Å². The van der Waals surface area contributed by atoms with Crippen LogP contribution in [0.2, 0.25) is 0 Å². The zero-order valence-corrected chi connectivity index (χ0v) is 20.1. The molecule has 0 fully saturated rings. The van der Waals surface area contributed by atoms with Gasteiger partial charge in [-0.3, -0.25) is 0 Å². The van der Waals surface area contributed by atoms with Crippen LogP contribution in [-0.4, -0.2) is 24.2 Å². The first-order valence-electron chi connectivity index (χ1n) is 11.0. The first-order chi connectivity index (χ1) is 15.5. The van der Waals surface area contributed by atoms with E-state index in [1.54, 1.807) is 17.4 Å². The van der Waals surface area contributed by atoms with Gasteiger partial charge in [0.15, 0.2) is 0 Å². The molecule has 1 N–H and O–H groups in total. The number of aliphatic carboxylic acids is 1. The number of benzene rings is 1. The summed E-state index contributed by atoms with van der Waals surface area (Å²) < 4.78 is 2.20. The standard InChI is InChI=1S/C26H28N2O2S2/c1-3-5-13-28(14-6-4-2)21-10-7-19(8-11-21)9-12-22-16-24-25(31-22)17-23(32-24)15-20(18-27)26(29)30/h7-12,15-17H,3-6,13-14H2,1-2H3,(H,29,30)/b12-9+,20-15+. The minimum Gasteiger partial charge on any atom is -0.477 e.